The lowest BCUT2D eigenvalue weighted by Gasteiger charge is -2.34. The van der Waals surface area contributed by atoms with Crippen LogP contribution in [0.15, 0.2) is 0 Å². The Kier molecular flexibility index (Phi) is 6.56. The molecule has 22 heavy (non-hydrogen) atoms. The molecule has 0 aromatic carbocycles. The second kappa shape index (κ2) is 7.81. The summed E-state index contributed by atoms with van der Waals surface area (Å²) in [5.41, 5.74) is 0. The van der Waals surface area contributed by atoms with Crippen molar-refractivity contribution >= 4 is 21.9 Å². The van der Waals surface area contributed by atoms with E-state index in [4.69, 9.17) is 18.8 Å². The Balaban J connectivity index is 1.70. The first-order chi connectivity index (χ1) is 10.3. The number of rotatable bonds is 7. The van der Waals surface area contributed by atoms with E-state index in [-0.39, 0.29) is 31.3 Å². The lowest BCUT2D eigenvalue weighted by atomic mass is 10.1. The van der Waals surface area contributed by atoms with Crippen LogP contribution in [0.25, 0.3) is 0 Å². The molecule has 0 aromatic rings. The Hall–Kier alpha value is 0.140. The van der Waals surface area contributed by atoms with E-state index in [0.717, 1.165) is 0 Å². The monoisotopic (exact) mass is 354 g/mol. The largest absolute Gasteiger partial charge is 0.379 e. The van der Waals surface area contributed by atoms with E-state index in [0.29, 0.717) is 30.1 Å². The third-order valence-corrected chi connectivity index (χ3v) is 7.07. The van der Waals surface area contributed by atoms with Gasteiger partial charge in [0.2, 0.25) is 0 Å². The van der Waals surface area contributed by atoms with E-state index < -0.39 is 15.4 Å². The van der Waals surface area contributed by atoms with Crippen LogP contribution in [0, 0.1) is 0 Å². The third-order valence-electron chi connectivity index (χ3n) is 4.27. The molecule has 0 spiro atoms. The van der Waals surface area contributed by atoms with Crippen molar-refractivity contribution in [1.82, 2.24) is 0 Å². The van der Waals surface area contributed by atoms with Crippen molar-refractivity contribution < 1.29 is 27.2 Å². The van der Waals surface area contributed by atoms with Crippen LogP contribution in [-0.2, 0) is 24.3 Å². The van der Waals surface area contributed by atoms with E-state index in [9.17, 15) is 8.42 Å². The van der Waals surface area contributed by atoms with Gasteiger partial charge in [0.05, 0.1) is 30.7 Å². The van der Waals surface area contributed by atoms with Crippen LogP contribution in [0.3, 0.4) is 0 Å². The molecule has 6 nitrogen and oxygen atoms in total. The number of hydrogen-bond acceptors (Lipinski definition) is 6. The summed E-state index contributed by atoms with van der Waals surface area (Å²) in [6.07, 6.45) is 0.809. The van der Waals surface area contributed by atoms with Gasteiger partial charge in [-0.25, -0.2) is 0 Å². The van der Waals surface area contributed by atoms with Gasteiger partial charge in [0.1, 0.15) is 6.10 Å². The van der Waals surface area contributed by atoms with E-state index in [1.807, 2.05) is 11.8 Å². The van der Waals surface area contributed by atoms with Gasteiger partial charge in [-0.2, -0.15) is 20.2 Å². The SMILES string of the molecule is CCC(CCOCC1COC2C(C)SC(C)C2O1)S(=O)(=O)O. The van der Waals surface area contributed by atoms with Crippen LogP contribution >= 0.6 is 11.8 Å². The highest BCUT2D eigenvalue weighted by atomic mass is 32.2. The Morgan fingerprint density at radius 3 is 2.64 bits per heavy atom. The molecule has 0 radical (unpaired) electrons. The lowest BCUT2D eigenvalue weighted by molar-refractivity contribution is -0.187. The Bertz CT molecular complexity index is 454. The highest BCUT2D eigenvalue weighted by molar-refractivity contribution is 8.00. The van der Waals surface area contributed by atoms with Gasteiger partial charge in [0.15, 0.2) is 0 Å². The molecule has 2 aliphatic heterocycles. The van der Waals surface area contributed by atoms with E-state index in [1.54, 1.807) is 6.92 Å². The molecule has 6 unspecified atom stereocenters. The summed E-state index contributed by atoms with van der Waals surface area (Å²) in [5, 5.41) is 0.0984. The second-order valence-electron chi connectivity index (χ2n) is 5.98. The highest BCUT2D eigenvalue weighted by Gasteiger charge is 2.45. The molecule has 2 heterocycles. The van der Waals surface area contributed by atoms with Crippen LogP contribution in [0.2, 0.25) is 0 Å². The van der Waals surface area contributed by atoms with Crippen molar-refractivity contribution in [2.75, 3.05) is 19.8 Å². The molecule has 2 saturated heterocycles. The molecule has 2 rings (SSSR count). The molecule has 6 atom stereocenters. The summed E-state index contributed by atoms with van der Waals surface area (Å²) in [7, 11) is -3.98. The summed E-state index contributed by atoms with van der Waals surface area (Å²) >= 11 is 1.88. The lowest BCUT2D eigenvalue weighted by Crippen LogP contribution is -2.47. The van der Waals surface area contributed by atoms with Crippen molar-refractivity contribution in [3.8, 4) is 0 Å². The van der Waals surface area contributed by atoms with Crippen LogP contribution in [0.5, 0.6) is 0 Å². The maximum Gasteiger partial charge on any atom is 0.267 e. The van der Waals surface area contributed by atoms with Crippen molar-refractivity contribution in [2.24, 2.45) is 0 Å². The molecule has 1 N–H and O–H groups in total. The first-order valence-electron chi connectivity index (χ1n) is 7.79. The second-order valence-corrected chi connectivity index (χ2v) is 9.43. The number of ether oxygens (including phenoxy) is 3. The molecule has 0 saturated carbocycles. The normalized spacial score (nSPS) is 37.0. The maximum atomic E-state index is 11.1. The van der Waals surface area contributed by atoms with Gasteiger partial charge in [-0.15, -0.1) is 0 Å². The van der Waals surface area contributed by atoms with Gasteiger partial charge in [0, 0.05) is 17.1 Å². The minimum Gasteiger partial charge on any atom is -0.379 e. The zero-order valence-electron chi connectivity index (χ0n) is 13.3. The van der Waals surface area contributed by atoms with Crippen LogP contribution in [0.4, 0.5) is 0 Å². The van der Waals surface area contributed by atoms with Crippen LogP contribution in [0.1, 0.15) is 33.6 Å². The van der Waals surface area contributed by atoms with Gasteiger partial charge in [-0.1, -0.05) is 20.8 Å². The molecule has 8 heteroatoms. The summed E-state index contributed by atoms with van der Waals surface area (Å²) in [5.74, 6) is 0. The zero-order valence-corrected chi connectivity index (χ0v) is 14.9. The summed E-state index contributed by atoms with van der Waals surface area (Å²) in [6, 6.07) is 0. The highest BCUT2D eigenvalue weighted by Crippen LogP contribution is 2.39. The van der Waals surface area contributed by atoms with Gasteiger partial charge >= 0.3 is 0 Å². The molecule has 0 aromatic heterocycles. The topological polar surface area (TPSA) is 82.1 Å². The smallest absolute Gasteiger partial charge is 0.267 e. The fourth-order valence-electron chi connectivity index (χ4n) is 3.01. The molecular weight excluding hydrogens is 328 g/mol. The fourth-order valence-corrected chi connectivity index (χ4v) is 5.26. The Morgan fingerprint density at radius 2 is 2.00 bits per heavy atom. The maximum absolute atomic E-state index is 11.1. The van der Waals surface area contributed by atoms with Crippen LogP contribution < -0.4 is 0 Å². The standard InChI is InChI=1S/C14H26O6S2/c1-4-12(22(15,16)17)5-6-18-7-11-8-19-13-9(2)21-10(3)14(13)20-11/h9-14H,4-8H2,1-3H3,(H,15,16,17). The number of fused-ring (bicyclic) bond motifs is 1. The van der Waals surface area contributed by atoms with Gasteiger partial charge in [-0.3, -0.25) is 4.55 Å². The van der Waals surface area contributed by atoms with Crippen LogP contribution in [-0.4, -0.2) is 66.9 Å². The number of hydrogen-bond donors (Lipinski definition) is 1. The summed E-state index contributed by atoms with van der Waals surface area (Å²) in [4.78, 5) is 0. The average Bonchev–Trinajstić information content (AvgIpc) is 2.72. The quantitative estimate of drug-likeness (QED) is 0.551. The van der Waals surface area contributed by atoms with Crippen molar-refractivity contribution in [3.63, 3.8) is 0 Å². The average molecular weight is 354 g/mol. The fraction of sp³-hybridized carbons (Fsp3) is 1.00. The Labute approximate surface area is 137 Å². The molecule has 0 bridgehead atoms. The van der Waals surface area contributed by atoms with Gasteiger partial charge in [0.25, 0.3) is 10.1 Å². The molecule has 130 valence electrons. The van der Waals surface area contributed by atoms with Crippen molar-refractivity contribution in [3.05, 3.63) is 0 Å². The molecule has 2 aliphatic rings. The van der Waals surface area contributed by atoms with E-state index in [1.165, 1.54) is 0 Å². The predicted molar refractivity (Wildman–Crippen MR) is 86.0 cm³/mol. The first kappa shape index (κ1) is 18.5. The van der Waals surface area contributed by atoms with Gasteiger partial charge in [-0.05, 0) is 12.8 Å². The molecule has 0 aliphatic carbocycles. The van der Waals surface area contributed by atoms with Crippen molar-refractivity contribution in [2.45, 2.75) is 67.7 Å². The molecule has 2 fully saturated rings. The minimum atomic E-state index is -3.98. The summed E-state index contributed by atoms with van der Waals surface area (Å²) < 4.78 is 48.7. The predicted octanol–water partition coefficient (Wildman–Crippen LogP) is 1.74. The third kappa shape index (κ3) is 4.58. The molecular formula is C14H26O6S2. The van der Waals surface area contributed by atoms with Gasteiger partial charge < -0.3 is 14.2 Å². The first-order valence-corrected chi connectivity index (χ1v) is 10.2. The summed E-state index contributed by atoms with van der Waals surface area (Å²) in [6.45, 7) is 7.22. The van der Waals surface area contributed by atoms with E-state index in [2.05, 4.69) is 13.8 Å². The minimum absolute atomic E-state index is 0.101. The molecule has 0 amide bonds. The Morgan fingerprint density at radius 1 is 1.32 bits per heavy atom. The van der Waals surface area contributed by atoms with E-state index >= 15 is 0 Å². The number of thioether (sulfide) groups is 1. The zero-order chi connectivity index (χ0) is 16.3. The van der Waals surface area contributed by atoms with Crippen molar-refractivity contribution in [1.29, 1.82) is 0 Å².